The van der Waals surface area contributed by atoms with Gasteiger partial charge in [-0.15, -0.1) is 0 Å². The van der Waals surface area contributed by atoms with E-state index in [0.29, 0.717) is 10.2 Å². The molecule has 0 spiro atoms. The predicted octanol–water partition coefficient (Wildman–Crippen LogP) is 0.166. The predicted molar refractivity (Wildman–Crippen MR) is 47.6 cm³/mol. The SMILES string of the molecule is N#CC1(C#N)CN=C([Se])C(=C=N)C1. The quantitative estimate of drug-likeness (QED) is 0.480. The van der Waals surface area contributed by atoms with Gasteiger partial charge < -0.3 is 0 Å². The molecule has 1 N–H and O–H groups in total. The molecule has 0 aromatic rings. The second-order valence-electron chi connectivity index (χ2n) is 2.71. The number of allylic oxidation sites excluding steroid dienone is 1. The Labute approximate surface area is 83.9 Å². The molecule has 1 aliphatic rings. The topological polar surface area (TPSA) is 83.8 Å². The van der Waals surface area contributed by atoms with Crippen molar-refractivity contribution in [1.82, 2.24) is 0 Å². The first-order valence-corrected chi connectivity index (χ1v) is 4.36. The van der Waals surface area contributed by atoms with Gasteiger partial charge in [-0.05, 0) is 0 Å². The van der Waals surface area contributed by atoms with Crippen LogP contribution in [0.1, 0.15) is 6.42 Å². The molecule has 0 aliphatic carbocycles. The van der Waals surface area contributed by atoms with E-state index in [-0.39, 0.29) is 13.0 Å². The minimum absolute atomic E-state index is 0.174. The summed E-state index contributed by atoms with van der Waals surface area (Å²) in [5.41, 5.74) is -0.606. The molecule has 0 saturated carbocycles. The van der Waals surface area contributed by atoms with Gasteiger partial charge in [0.2, 0.25) is 0 Å². The molecule has 1 heterocycles. The van der Waals surface area contributed by atoms with Gasteiger partial charge in [0.15, 0.2) is 0 Å². The average Bonchev–Trinajstić information content (AvgIpc) is 2.19. The molecule has 0 atom stereocenters. The van der Waals surface area contributed by atoms with Gasteiger partial charge in [0.1, 0.15) is 0 Å². The zero-order valence-electron chi connectivity index (χ0n) is 6.66. The second kappa shape index (κ2) is 3.56. The van der Waals surface area contributed by atoms with Crippen LogP contribution in [0.5, 0.6) is 0 Å². The summed E-state index contributed by atoms with van der Waals surface area (Å²) in [5, 5.41) is 24.5. The van der Waals surface area contributed by atoms with Crippen molar-refractivity contribution in [2.24, 2.45) is 10.4 Å². The van der Waals surface area contributed by atoms with E-state index in [2.05, 4.69) is 26.9 Å². The van der Waals surface area contributed by atoms with Crippen molar-refractivity contribution in [2.45, 2.75) is 6.42 Å². The number of hydrogen-bond donors (Lipinski definition) is 1. The van der Waals surface area contributed by atoms with Crippen molar-refractivity contribution >= 4 is 26.5 Å². The first-order valence-electron chi connectivity index (χ1n) is 3.50. The Kier molecular flexibility index (Phi) is 2.66. The number of nitrogens with zero attached hydrogens (tertiary/aromatic N) is 3. The van der Waals surface area contributed by atoms with Crippen LogP contribution in [-0.2, 0) is 0 Å². The van der Waals surface area contributed by atoms with Crippen molar-refractivity contribution in [3.63, 3.8) is 0 Å². The Morgan fingerprint density at radius 1 is 1.46 bits per heavy atom. The number of hydrogen-bond acceptors (Lipinski definition) is 4. The van der Waals surface area contributed by atoms with Gasteiger partial charge in [0.25, 0.3) is 0 Å². The van der Waals surface area contributed by atoms with Gasteiger partial charge in [-0.25, -0.2) is 0 Å². The molecule has 0 fully saturated rings. The van der Waals surface area contributed by atoms with Gasteiger partial charge in [-0.1, -0.05) is 0 Å². The second-order valence-corrected chi connectivity index (χ2v) is 3.52. The Morgan fingerprint density at radius 3 is 2.54 bits per heavy atom. The summed E-state index contributed by atoms with van der Waals surface area (Å²) in [5.74, 6) is 2.18. The zero-order chi connectivity index (χ0) is 9.90. The van der Waals surface area contributed by atoms with E-state index in [1.54, 1.807) is 0 Å². The van der Waals surface area contributed by atoms with Gasteiger partial charge in [-0.3, -0.25) is 0 Å². The summed E-state index contributed by atoms with van der Waals surface area (Å²) in [6.07, 6.45) is 0.231. The average molecular weight is 236 g/mol. The summed E-state index contributed by atoms with van der Waals surface area (Å²) < 4.78 is 0.580. The summed E-state index contributed by atoms with van der Waals surface area (Å²) >= 11 is 2.68. The molecule has 4 nitrogen and oxygen atoms in total. The summed E-state index contributed by atoms with van der Waals surface area (Å²) in [7, 11) is 0. The molecule has 13 heavy (non-hydrogen) atoms. The number of aliphatic imine (C=N–C) groups is 1. The van der Waals surface area contributed by atoms with Crippen molar-refractivity contribution in [1.29, 1.82) is 15.9 Å². The van der Waals surface area contributed by atoms with Crippen molar-refractivity contribution in [2.75, 3.05) is 6.54 Å². The van der Waals surface area contributed by atoms with E-state index in [9.17, 15) is 0 Å². The molecular formula is C8H5N4Se. The molecule has 0 unspecified atom stereocenters. The molecule has 1 rings (SSSR count). The molecule has 0 aromatic carbocycles. The molecule has 63 valence electrons. The van der Waals surface area contributed by atoms with Crippen LogP contribution in [0.4, 0.5) is 0 Å². The van der Waals surface area contributed by atoms with Gasteiger partial charge >= 0.3 is 83.5 Å². The normalized spacial score (nSPS) is 19.2. The Balaban J connectivity index is 3.13. The molecule has 0 bridgehead atoms. The molecular weight excluding hydrogens is 231 g/mol. The van der Waals surface area contributed by atoms with E-state index in [4.69, 9.17) is 15.9 Å². The number of nitriles is 2. The number of nitrogens with one attached hydrogen (secondary N) is 1. The maximum absolute atomic E-state index is 8.79. The van der Waals surface area contributed by atoms with Crippen LogP contribution < -0.4 is 0 Å². The van der Waals surface area contributed by atoms with Crippen LogP contribution in [0.25, 0.3) is 0 Å². The monoisotopic (exact) mass is 237 g/mol. The fraction of sp³-hybridized carbons (Fsp3) is 0.375. The fourth-order valence-corrected chi connectivity index (χ4v) is 1.40. The van der Waals surface area contributed by atoms with Crippen LogP contribution in [0.2, 0.25) is 0 Å². The minimum atomic E-state index is -1.10. The molecule has 5 heteroatoms. The van der Waals surface area contributed by atoms with Crippen molar-refractivity contribution in [3.8, 4) is 12.1 Å². The van der Waals surface area contributed by atoms with E-state index in [1.165, 1.54) is 0 Å². The van der Waals surface area contributed by atoms with E-state index < -0.39 is 5.41 Å². The van der Waals surface area contributed by atoms with E-state index in [1.807, 2.05) is 12.1 Å². The zero-order valence-corrected chi connectivity index (χ0v) is 8.38. The van der Waals surface area contributed by atoms with Crippen LogP contribution >= 0.6 is 0 Å². The third-order valence-corrected chi connectivity index (χ3v) is 2.60. The number of rotatable bonds is 0. The van der Waals surface area contributed by atoms with Crippen molar-refractivity contribution < 1.29 is 0 Å². The summed E-state index contributed by atoms with van der Waals surface area (Å²) in [6, 6.07) is 3.85. The van der Waals surface area contributed by atoms with Crippen LogP contribution in [-0.4, -0.2) is 33.0 Å². The first kappa shape index (κ1) is 9.71. The molecule has 0 aromatic heterocycles. The van der Waals surface area contributed by atoms with Crippen LogP contribution in [0.3, 0.4) is 0 Å². The van der Waals surface area contributed by atoms with Gasteiger partial charge in [0, 0.05) is 0 Å². The first-order chi connectivity index (χ1) is 6.17. The molecule has 0 saturated heterocycles. The third-order valence-electron chi connectivity index (χ3n) is 1.81. The van der Waals surface area contributed by atoms with Crippen LogP contribution in [0, 0.1) is 33.5 Å². The Bertz CT molecular complexity index is 375. The Morgan fingerprint density at radius 2 is 2.08 bits per heavy atom. The molecule has 1 radical (unpaired) electrons. The van der Waals surface area contributed by atoms with Crippen molar-refractivity contribution in [3.05, 3.63) is 5.57 Å². The van der Waals surface area contributed by atoms with Crippen LogP contribution in [0.15, 0.2) is 10.6 Å². The molecule has 0 amide bonds. The Hall–Kier alpha value is -1.38. The summed E-state index contributed by atoms with van der Waals surface area (Å²) in [4.78, 5) is 3.97. The molecule has 1 aliphatic heterocycles. The van der Waals surface area contributed by atoms with E-state index >= 15 is 0 Å². The van der Waals surface area contributed by atoms with Gasteiger partial charge in [0.05, 0.1) is 0 Å². The van der Waals surface area contributed by atoms with E-state index in [0.717, 1.165) is 0 Å². The fourth-order valence-electron chi connectivity index (χ4n) is 1.01. The summed E-state index contributed by atoms with van der Waals surface area (Å²) in [6.45, 7) is 0.174. The standard InChI is InChI=1S/C8H5N4Se/c9-2-6-1-8(3-10,4-11)5-12-7(6)13/h9H,1,5H2. The van der Waals surface area contributed by atoms with Gasteiger partial charge in [-0.2, -0.15) is 0 Å². The third kappa shape index (κ3) is 1.69. The maximum atomic E-state index is 8.79.